The first-order chi connectivity index (χ1) is 10.1. The Morgan fingerprint density at radius 3 is 2.57 bits per heavy atom. The highest BCUT2D eigenvalue weighted by Gasteiger charge is 2.14. The second-order valence-corrected chi connectivity index (χ2v) is 6.13. The fourth-order valence-electron chi connectivity index (χ4n) is 2.43. The number of halogens is 1. The molecule has 0 fully saturated rings. The van der Waals surface area contributed by atoms with Gasteiger partial charge < -0.3 is 10.5 Å². The molecule has 2 aromatic carbocycles. The summed E-state index contributed by atoms with van der Waals surface area (Å²) in [4.78, 5) is 0. The second kappa shape index (κ2) is 5.55. The summed E-state index contributed by atoms with van der Waals surface area (Å²) in [6, 6.07) is 12.6. The number of nitrogens with zero attached hydrogens (tertiary/aromatic N) is 2. The van der Waals surface area contributed by atoms with Gasteiger partial charge in [0, 0.05) is 0 Å². The van der Waals surface area contributed by atoms with E-state index in [-0.39, 0.29) is 6.04 Å². The van der Waals surface area contributed by atoms with E-state index in [4.69, 9.17) is 10.5 Å². The first kappa shape index (κ1) is 14.2. The second-order valence-electron chi connectivity index (χ2n) is 4.97. The van der Waals surface area contributed by atoms with Crippen molar-refractivity contribution >= 4 is 39.2 Å². The predicted molar refractivity (Wildman–Crippen MR) is 93.7 cm³/mol. The Morgan fingerprint density at radius 2 is 1.90 bits per heavy atom. The van der Waals surface area contributed by atoms with E-state index >= 15 is 0 Å². The van der Waals surface area contributed by atoms with E-state index in [0.29, 0.717) is 5.82 Å². The van der Waals surface area contributed by atoms with Crippen molar-refractivity contribution in [2.75, 3.05) is 12.8 Å². The fraction of sp³-hybridized carbons (Fsp3) is 0.188. The third kappa shape index (κ3) is 2.57. The van der Waals surface area contributed by atoms with E-state index in [2.05, 4.69) is 58.9 Å². The van der Waals surface area contributed by atoms with Crippen LogP contribution in [0.2, 0.25) is 0 Å². The molecule has 1 aromatic heterocycles. The summed E-state index contributed by atoms with van der Waals surface area (Å²) < 4.78 is 8.09. The number of benzene rings is 2. The minimum absolute atomic E-state index is 0.0972. The molecule has 1 atom stereocenters. The summed E-state index contributed by atoms with van der Waals surface area (Å²) in [5.41, 5.74) is 7.25. The van der Waals surface area contributed by atoms with Gasteiger partial charge >= 0.3 is 0 Å². The van der Waals surface area contributed by atoms with Crippen molar-refractivity contribution < 1.29 is 4.74 Å². The van der Waals surface area contributed by atoms with Crippen LogP contribution >= 0.6 is 22.6 Å². The van der Waals surface area contributed by atoms with Crippen LogP contribution in [-0.2, 0) is 0 Å². The molecule has 0 radical (unpaired) electrons. The molecule has 5 heteroatoms. The maximum atomic E-state index is 6.07. The van der Waals surface area contributed by atoms with E-state index in [1.165, 1.54) is 10.9 Å². The van der Waals surface area contributed by atoms with Crippen LogP contribution in [0.15, 0.2) is 42.6 Å². The molecule has 3 aromatic rings. The molecule has 0 bridgehead atoms. The molecule has 0 saturated carbocycles. The molecular formula is C16H16IN3O. The summed E-state index contributed by atoms with van der Waals surface area (Å²) in [6.45, 7) is 2.10. The zero-order valence-corrected chi connectivity index (χ0v) is 14.0. The van der Waals surface area contributed by atoms with E-state index in [1.807, 2.05) is 16.8 Å². The maximum Gasteiger partial charge on any atom is 0.135 e. The molecule has 21 heavy (non-hydrogen) atoms. The standard InChI is InChI=1S/C16H16IN3O/c1-10(20-16(18)15(17)9-19-20)11-3-4-13-8-14(21-2)6-5-12(13)7-11/h3-10H,18H2,1-2H3. The quantitative estimate of drug-likeness (QED) is 0.688. The lowest BCUT2D eigenvalue weighted by atomic mass is 10.0. The van der Waals surface area contributed by atoms with Crippen LogP contribution in [0.25, 0.3) is 10.8 Å². The first-order valence-electron chi connectivity index (χ1n) is 6.66. The van der Waals surface area contributed by atoms with Gasteiger partial charge in [0.25, 0.3) is 0 Å². The number of ether oxygens (including phenoxy) is 1. The van der Waals surface area contributed by atoms with E-state index in [1.54, 1.807) is 13.3 Å². The SMILES string of the molecule is COc1ccc2cc(C(C)n3ncc(I)c3N)ccc2c1. The van der Waals surface area contributed by atoms with Crippen LogP contribution in [0.5, 0.6) is 5.75 Å². The van der Waals surface area contributed by atoms with Crippen LogP contribution < -0.4 is 10.5 Å². The monoisotopic (exact) mass is 393 g/mol. The third-order valence-electron chi connectivity index (χ3n) is 3.71. The smallest absolute Gasteiger partial charge is 0.135 e. The van der Waals surface area contributed by atoms with Crippen molar-refractivity contribution in [1.29, 1.82) is 0 Å². The number of methoxy groups -OCH3 is 1. The van der Waals surface area contributed by atoms with Gasteiger partial charge in [-0.15, -0.1) is 0 Å². The first-order valence-corrected chi connectivity index (χ1v) is 7.74. The van der Waals surface area contributed by atoms with Gasteiger partial charge in [0.15, 0.2) is 0 Å². The largest absolute Gasteiger partial charge is 0.497 e. The van der Waals surface area contributed by atoms with E-state index in [9.17, 15) is 0 Å². The molecule has 0 aliphatic rings. The Balaban J connectivity index is 2.02. The Labute approximate surface area is 137 Å². The molecule has 0 spiro atoms. The minimum Gasteiger partial charge on any atom is -0.497 e. The molecule has 3 rings (SSSR count). The molecule has 108 valence electrons. The van der Waals surface area contributed by atoms with Crippen molar-refractivity contribution in [1.82, 2.24) is 9.78 Å². The molecule has 0 amide bonds. The number of hydrogen-bond donors (Lipinski definition) is 1. The van der Waals surface area contributed by atoms with Crippen molar-refractivity contribution in [3.63, 3.8) is 0 Å². The molecule has 1 unspecified atom stereocenters. The van der Waals surface area contributed by atoms with Gasteiger partial charge in [-0.05, 0) is 64.0 Å². The van der Waals surface area contributed by atoms with Crippen molar-refractivity contribution in [3.8, 4) is 5.75 Å². The highest BCUT2D eigenvalue weighted by atomic mass is 127. The summed E-state index contributed by atoms with van der Waals surface area (Å²) >= 11 is 2.20. The van der Waals surface area contributed by atoms with Gasteiger partial charge in [-0.25, -0.2) is 4.68 Å². The zero-order valence-electron chi connectivity index (χ0n) is 11.9. The van der Waals surface area contributed by atoms with Crippen molar-refractivity contribution in [2.24, 2.45) is 0 Å². The lowest BCUT2D eigenvalue weighted by Gasteiger charge is -2.15. The Hall–Kier alpha value is -1.76. The third-order valence-corrected chi connectivity index (χ3v) is 4.54. The molecule has 0 aliphatic heterocycles. The van der Waals surface area contributed by atoms with E-state index < -0.39 is 0 Å². The van der Waals surface area contributed by atoms with Crippen molar-refractivity contribution in [2.45, 2.75) is 13.0 Å². The highest BCUT2D eigenvalue weighted by Crippen LogP contribution is 2.27. The molecule has 0 saturated heterocycles. The lowest BCUT2D eigenvalue weighted by molar-refractivity contribution is 0.415. The minimum atomic E-state index is 0.0972. The average molecular weight is 393 g/mol. The van der Waals surface area contributed by atoms with Gasteiger partial charge in [-0.2, -0.15) is 5.10 Å². The number of nitrogens with two attached hydrogens (primary N) is 1. The van der Waals surface area contributed by atoms with Gasteiger partial charge in [0.1, 0.15) is 11.6 Å². The summed E-state index contributed by atoms with van der Waals surface area (Å²) in [5.74, 6) is 1.58. The topological polar surface area (TPSA) is 53.1 Å². The number of rotatable bonds is 3. The number of aromatic nitrogens is 2. The molecule has 1 heterocycles. The summed E-state index contributed by atoms with van der Waals surface area (Å²) in [5, 5.41) is 6.70. The van der Waals surface area contributed by atoms with Gasteiger partial charge in [0.2, 0.25) is 0 Å². The molecule has 2 N–H and O–H groups in total. The van der Waals surface area contributed by atoms with Gasteiger partial charge in [-0.1, -0.05) is 18.2 Å². The van der Waals surface area contributed by atoms with Crippen LogP contribution in [0.3, 0.4) is 0 Å². The normalized spacial score (nSPS) is 12.5. The molecule has 0 aliphatic carbocycles. The van der Waals surface area contributed by atoms with Crippen molar-refractivity contribution in [3.05, 3.63) is 51.7 Å². The maximum absolute atomic E-state index is 6.07. The van der Waals surface area contributed by atoms with E-state index in [0.717, 1.165) is 14.7 Å². The average Bonchev–Trinajstić information content (AvgIpc) is 2.85. The Morgan fingerprint density at radius 1 is 1.19 bits per heavy atom. The summed E-state index contributed by atoms with van der Waals surface area (Å²) in [6.07, 6.45) is 1.79. The van der Waals surface area contributed by atoms with Crippen LogP contribution in [0.1, 0.15) is 18.5 Å². The number of nitrogen functional groups attached to an aromatic ring is 1. The Bertz CT molecular complexity index is 797. The van der Waals surface area contributed by atoms with Crippen LogP contribution in [0.4, 0.5) is 5.82 Å². The predicted octanol–water partition coefficient (Wildman–Crippen LogP) is 3.84. The van der Waals surface area contributed by atoms with Crippen LogP contribution in [-0.4, -0.2) is 16.9 Å². The highest BCUT2D eigenvalue weighted by molar-refractivity contribution is 14.1. The molecule has 4 nitrogen and oxygen atoms in total. The zero-order chi connectivity index (χ0) is 15.0. The van der Waals surface area contributed by atoms with Gasteiger partial charge in [-0.3, -0.25) is 0 Å². The number of fused-ring (bicyclic) bond motifs is 1. The van der Waals surface area contributed by atoms with Gasteiger partial charge in [0.05, 0.1) is 22.9 Å². The molecular weight excluding hydrogens is 377 g/mol. The fourth-order valence-corrected chi connectivity index (χ4v) is 2.80. The summed E-state index contributed by atoms with van der Waals surface area (Å²) in [7, 11) is 1.68. The van der Waals surface area contributed by atoms with Crippen LogP contribution in [0, 0.1) is 3.57 Å². The number of hydrogen-bond acceptors (Lipinski definition) is 3. The lowest BCUT2D eigenvalue weighted by Crippen LogP contribution is -2.11. The Kier molecular flexibility index (Phi) is 3.75. The number of anilines is 1.